The Labute approximate surface area is 103 Å². The molecule has 1 aromatic carbocycles. The van der Waals surface area contributed by atoms with E-state index in [-0.39, 0.29) is 0 Å². The second-order valence-corrected chi connectivity index (χ2v) is 3.99. The number of nitrogens with zero attached hydrogens (tertiary/aromatic N) is 2. The number of benzene rings is 1. The molecule has 0 radical (unpaired) electrons. The van der Waals surface area contributed by atoms with E-state index < -0.39 is 0 Å². The molecule has 0 saturated heterocycles. The molecule has 0 saturated carbocycles. The zero-order chi connectivity index (χ0) is 11.5. The number of hydrogen-bond acceptors (Lipinski definition) is 3. The number of oxazole rings is 1. The van der Waals surface area contributed by atoms with Crippen molar-refractivity contribution in [3.63, 3.8) is 0 Å². The number of rotatable bonds is 2. The SMILES string of the molecule is BCc1nc(-c2ccc(C#N)cc2)c(Br)o1. The lowest BCUT2D eigenvalue weighted by atomic mass is 10.1. The number of hydrogen-bond donors (Lipinski definition) is 0. The summed E-state index contributed by atoms with van der Waals surface area (Å²) < 4.78 is 6.05. The van der Waals surface area contributed by atoms with Gasteiger partial charge in [0.1, 0.15) is 13.5 Å². The Kier molecular flexibility index (Phi) is 3.11. The predicted molar refractivity (Wildman–Crippen MR) is 66.6 cm³/mol. The zero-order valence-corrected chi connectivity index (χ0v) is 10.3. The largest absolute Gasteiger partial charge is 0.434 e. The molecule has 0 spiro atoms. The maximum atomic E-state index is 8.70. The highest BCUT2D eigenvalue weighted by Crippen LogP contribution is 2.28. The van der Waals surface area contributed by atoms with Gasteiger partial charge in [-0.2, -0.15) is 5.26 Å². The van der Waals surface area contributed by atoms with Gasteiger partial charge >= 0.3 is 0 Å². The Balaban J connectivity index is 2.42. The third kappa shape index (κ3) is 2.02. The van der Waals surface area contributed by atoms with Gasteiger partial charge in [0.15, 0.2) is 10.6 Å². The fourth-order valence-electron chi connectivity index (χ4n) is 1.38. The van der Waals surface area contributed by atoms with Gasteiger partial charge in [-0.25, -0.2) is 4.98 Å². The molecule has 78 valence electrons. The van der Waals surface area contributed by atoms with Crippen molar-refractivity contribution in [3.8, 4) is 17.3 Å². The van der Waals surface area contributed by atoms with Gasteiger partial charge in [-0.3, -0.25) is 0 Å². The molecular weight excluding hydrogens is 267 g/mol. The molecule has 2 aromatic rings. The van der Waals surface area contributed by atoms with E-state index in [1.54, 1.807) is 12.1 Å². The lowest BCUT2D eigenvalue weighted by Gasteiger charge is -1.95. The molecule has 1 aromatic heterocycles. The molecule has 3 nitrogen and oxygen atoms in total. The van der Waals surface area contributed by atoms with Crippen LogP contribution in [0.25, 0.3) is 11.3 Å². The number of aromatic nitrogens is 1. The van der Waals surface area contributed by atoms with Crippen molar-refractivity contribution < 1.29 is 4.42 Å². The lowest BCUT2D eigenvalue weighted by Crippen LogP contribution is -1.84. The molecular formula is C11H8BBrN2O. The molecule has 0 aliphatic rings. The number of nitriles is 1. The first kappa shape index (κ1) is 11.0. The first-order valence-corrected chi connectivity index (χ1v) is 5.69. The van der Waals surface area contributed by atoms with Crippen LogP contribution in [0, 0.1) is 11.3 Å². The molecule has 0 aliphatic carbocycles. The Bertz CT molecular complexity index is 542. The van der Waals surface area contributed by atoms with Crippen LogP contribution in [-0.4, -0.2) is 12.8 Å². The lowest BCUT2D eigenvalue weighted by molar-refractivity contribution is 0.494. The maximum absolute atomic E-state index is 8.70. The molecule has 0 aliphatic heterocycles. The Morgan fingerprint density at radius 1 is 1.38 bits per heavy atom. The van der Waals surface area contributed by atoms with Gasteiger partial charge in [-0.05, 0) is 34.4 Å². The van der Waals surface area contributed by atoms with Crippen molar-refractivity contribution in [2.75, 3.05) is 0 Å². The Morgan fingerprint density at radius 3 is 2.56 bits per heavy atom. The smallest absolute Gasteiger partial charge is 0.197 e. The van der Waals surface area contributed by atoms with E-state index in [4.69, 9.17) is 9.68 Å². The monoisotopic (exact) mass is 274 g/mol. The molecule has 0 unspecified atom stereocenters. The van der Waals surface area contributed by atoms with Gasteiger partial charge in [-0.1, -0.05) is 12.1 Å². The van der Waals surface area contributed by atoms with Gasteiger partial charge in [-0.15, -0.1) is 0 Å². The highest BCUT2D eigenvalue weighted by atomic mass is 79.9. The van der Waals surface area contributed by atoms with E-state index in [9.17, 15) is 0 Å². The summed E-state index contributed by atoms with van der Waals surface area (Å²) in [5, 5.41) is 8.70. The van der Waals surface area contributed by atoms with Crippen molar-refractivity contribution in [2.45, 2.75) is 6.32 Å². The van der Waals surface area contributed by atoms with Gasteiger partial charge in [0.25, 0.3) is 0 Å². The van der Waals surface area contributed by atoms with Crippen LogP contribution in [0.3, 0.4) is 0 Å². The highest BCUT2D eigenvalue weighted by molar-refractivity contribution is 9.10. The molecule has 1 heterocycles. The van der Waals surface area contributed by atoms with E-state index in [0.29, 0.717) is 16.1 Å². The summed E-state index contributed by atoms with van der Waals surface area (Å²) in [7, 11) is 1.99. The van der Waals surface area contributed by atoms with E-state index in [0.717, 1.165) is 17.6 Å². The van der Waals surface area contributed by atoms with Gasteiger partial charge < -0.3 is 4.42 Å². The van der Waals surface area contributed by atoms with Crippen LogP contribution in [0.2, 0.25) is 0 Å². The molecule has 5 heteroatoms. The quantitative estimate of drug-likeness (QED) is 0.788. The highest BCUT2D eigenvalue weighted by Gasteiger charge is 2.11. The minimum absolute atomic E-state index is 0.633. The minimum atomic E-state index is 0.633. The Morgan fingerprint density at radius 2 is 2.06 bits per heavy atom. The number of halogens is 1. The predicted octanol–water partition coefficient (Wildman–Crippen LogP) is 2.11. The van der Waals surface area contributed by atoms with Crippen LogP contribution in [0.15, 0.2) is 33.4 Å². The maximum Gasteiger partial charge on any atom is 0.197 e. The van der Waals surface area contributed by atoms with E-state index >= 15 is 0 Å². The van der Waals surface area contributed by atoms with Crippen LogP contribution in [0.5, 0.6) is 0 Å². The average Bonchev–Trinajstić information content (AvgIpc) is 2.71. The summed E-state index contributed by atoms with van der Waals surface area (Å²) >= 11 is 3.34. The van der Waals surface area contributed by atoms with Gasteiger partial charge in [0, 0.05) is 5.56 Å². The van der Waals surface area contributed by atoms with Gasteiger partial charge in [0.2, 0.25) is 0 Å². The van der Waals surface area contributed by atoms with Gasteiger partial charge in [0.05, 0.1) is 11.6 Å². The van der Waals surface area contributed by atoms with E-state index in [1.165, 1.54) is 0 Å². The standard InChI is InChI=1S/C11H8BBrN2O/c12-5-9-15-10(11(13)16-9)8-3-1-7(6-14)2-4-8/h1-4H,5,12H2. The third-order valence-corrected chi connectivity index (χ3v) is 2.76. The zero-order valence-electron chi connectivity index (χ0n) is 8.70. The average molecular weight is 275 g/mol. The summed E-state index contributed by atoms with van der Waals surface area (Å²) in [5.41, 5.74) is 2.36. The second-order valence-electron chi connectivity index (χ2n) is 3.27. The Hall–Kier alpha value is -1.54. The normalized spacial score (nSPS) is 10.0. The summed E-state index contributed by atoms with van der Waals surface area (Å²) in [4.78, 5) is 4.36. The van der Waals surface area contributed by atoms with Crippen molar-refractivity contribution in [1.82, 2.24) is 4.98 Å². The summed E-state index contributed by atoms with van der Waals surface area (Å²) in [6.07, 6.45) is 0.759. The molecule has 2 rings (SSSR count). The first-order valence-electron chi connectivity index (χ1n) is 4.90. The topological polar surface area (TPSA) is 49.8 Å². The molecule has 0 atom stereocenters. The first-order chi connectivity index (χ1) is 7.74. The second kappa shape index (κ2) is 4.54. The van der Waals surface area contributed by atoms with Crippen molar-refractivity contribution in [1.29, 1.82) is 5.26 Å². The molecule has 0 amide bonds. The summed E-state index contributed by atoms with van der Waals surface area (Å²) in [5.74, 6) is 0.700. The molecule has 0 N–H and O–H groups in total. The summed E-state index contributed by atoms with van der Waals surface area (Å²) in [6.45, 7) is 0. The fraction of sp³-hybridized carbons (Fsp3) is 0.0909. The molecule has 16 heavy (non-hydrogen) atoms. The third-order valence-electron chi connectivity index (χ3n) is 2.22. The van der Waals surface area contributed by atoms with Crippen molar-refractivity contribution in [2.24, 2.45) is 0 Å². The van der Waals surface area contributed by atoms with Crippen molar-refractivity contribution in [3.05, 3.63) is 40.4 Å². The van der Waals surface area contributed by atoms with Crippen LogP contribution in [0.1, 0.15) is 11.5 Å². The van der Waals surface area contributed by atoms with E-state index in [1.807, 2.05) is 20.0 Å². The minimum Gasteiger partial charge on any atom is -0.434 e. The molecule has 0 fully saturated rings. The molecule has 0 bridgehead atoms. The fourth-order valence-corrected chi connectivity index (χ4v) is 1.88. The summed E-state index contributed by atoms with van der Waals surface area (Å²) in [6, 6.07) is 9.34. The van der Waals surface area contributed by atoms with Crippen LogP contribution >= 0.6 is 15.9 Å². The van der Waals surface area contributed by atoms with Crippen molar-refractivity contribution >= 4 is 23.8 Å². The van der Waals surface area contributed by atoms with Crippen LogP contribution in [0.4, 0.5) is 0 Å². The van der Waals surface area contributed by atoms with Crippen LogP contribution < -0.4 is 0 Å². The van der Waals surface area contributed by atoms with E-state index in [2.05, 4.69) is 27.0 Å². The van der Waals surface area contributed by atoms with Crippen LogP contribution in [-0.2, 0) is 6.32 Å².